The molecule has 6 nitrogen and oxygen atoms in total. The second kappa shape index (κ2) is 5.33. The van der Waals surface area contributed by atoms with Gasteiger partial charge in [0.1, 0.15) is 11.8 Å². The van der Waals surface area contributed by atoms with Crippen LogP contribution in [0.15, 0.2) is 36.7 Å². The minimum absolute atomic E-state index is 0.0855. The van der Waals surface area contributed by atoms with Crippen LogP contribution < -0.4 is 9.64 Å². The summed E-state index contributed by atoms with van der Waals surface area (Å²) in [6, 6.07) is 7.62. The highest BCUT2D eigenvalue weighted by Gasteiger charge is 2.30. The molecule has 0 spiro atoms. The third-order valence-electron chi connectivity index (χ3n) is 4.46. The Morgan fingerprint density at radius 3 is 2.96 bits per heavy atom. The third kappa shape index (κ3) is 2.14. The maximum absolute atomic E-state index is 13.2. The molecule has 1 atom stereocenters. The number of hydrogen-bond donors (Lipinski definition) is 0. The first kappa shape index (κ1) is 14.7. The van der Waals surface area contributed by atoms with Crippen LogP contribution in [0.5, 0.6) is 5.88 Å². The van der Waals surface area contributed by atoms with Crippen LogP contribution in [0.1, 0.15) is 28.5 Å². The number of aromatic nitrogens is 3. The molecule has 0 saturated carbocycles. The van der Waals surface area contributed by atoms with Crippen molar-refractivity contribution in [1.29, 1.82) is 0 Å². The van der Waals surface area contributed by atoms with Crippen LogP contribution in [-0.2, 0) is 0 Å². The summed E-state index contributed by atoms with van der Waals surface area (Å²) in [7, 11) is 0. The number of carbonyl (C=O) groups excluding carboxylic acids is 1. The number of aryl methyl sites for hydroxylation is 2. The Kier molecular flexibility index (Phi) is 3.26. The second-order valence-electron chi connectivity index (χ2n) is 6.13. The number of ether oxygens (including phenoxy) is 1. The van der Waals surface area contributed by atoms with E-state index >= 15 is 0 Å². The van der Waals surface area contributed by atoms with Gasteiger partial charge in [0.05, 0.1) is 23.8 Å². The third-order valence-corrected chi connectivity index (χ3v) is 4.46. The summed E-state index contributed by atoms with van der Waals surface area (Å²) in [5, 5.41) is 4.39. The van der Waals surface area contributed by atoms with Gasteiger partial charge in [0, 0.05) is 11.9 Å². The van der Waals surface area contributed by atoms with E-state index in [1.165, 1.54) is 0 Å². The quantitative estimate of drug-likeness (QED) is 0.691. The van der Waals surface area contributed by atoms with Crippen molar-refractivity contribution in [2.24, 2.45) is 0 Å². The lowest BCUT2D eigenvalue weighted by molar-refractivity contribution is 0.0960. The Labute approximate surface area is 139 Å². The molecule has 1 aliphatic rings. The maximum Gasteiger partial charge on any atom is 0.262 e. The fourth-order valence-electron chi connectivity index (χ4n) is 3.04. The Morgan fingerprint density at radius 2 is 2.12 bits per heavy atom. The van der Waals surface area contributed by atoms with Crippen LogP contribution in [0, 0.1) is 13.8 Å². The monoisotopic (exact) mass is 322 g/mol. The molecule has 4 heterocycles. The number of amides is 1. The molecule has 0 bridgehead atoms. The van der Waals surface area contributed by atoms with E-state index in [1.54, 1.807) is 17.3 Å². The molecule has 122 valence electrons. The van der Waals surface area contributed by atoms with Gasteiger partial charge in [-0.1, -0.05) is 6.07 Å². The van der Waals surface area contributed by atoms with E-state index in [9.17, 15) is 4.79 Å². The minimum Gasteiger partial charge on any atom is -0.471 e. The molecule has 1 unspecified atom stereocenters. The average molecular weight is 322 g/mol. The van der Waals surface area contributed by atoms with E-state index in [0.29, 0.717) is 23.7 Å². The molecule has 4 rings (SSSR count). The van der Waals surface area contributed by atoms with E-state index in [2.05, 4.69) is 10.1 Å². The van der Waals surface area contributed by atoms with E-state index in [1.807, 2.05) is 49.6 Å². The molecule has 0 saturated heterocycles. The zero-order valence-electron chi connectivity index (χ0n) is 13.9. The summed E-state index contributed by atoms with van der Waals surface area (Å²) in [4.78, 5) is 19.1. The first-order valence-electron chi connectivity index (χ1n) is 7.93. The Bertz CT molecular complexity index is 947. The van der Waals surface area contributed by atoms with Crippen molar-refractivity contribution in [1.82, 2.24) is 14.6 Å². The summed E-state index contributed by atoms with van der Waals surface area (Å²) < 4.78 is 7.54. The molecule has 3 aromatic rings. The van der Waals surface area contributed by atoms with Crippen molar-refractivity contribution in [2.45, 2.75) is 26.9 Å². The fraction of sp³-hybridized carbons (Fsp3) is 0.278. The first-order chi connectivity index (χ1) is 11.6. The van der Waals surface area contributed by atoms with Gasteiger partial charge in [-0.3, -0.25) is 9.69 Å². The average Bonchev–Trinajstić information content (AvgIpc) is 3.01. The van der Waals surface area contributed by atoms with E-state index in [4.69, 9.17) is 4.74 Å². The minimum atomic E-state index is -0.109. The summed E-state index contributed by atoms with van der Waals surface area (Å²) >= 11 is 0. The number of hydrogen-bond acceptors (Lipinski definition) is 4. The molecule has 0 aliphatic carbocycles. The molecule has 0 N–H and O–H groups in total. The largest absolute Gasteiger partial charge is 0.471 e. The van der Waals surface area contributed by atoms with Crippen LogP contribution >= 0.6 is 0 Å². The normalized spacial score (nSPS) is 16.8. The van der Waals surface area contributed by atoms with Crippen molar-refractivity contribution in [2.75, 3.05) is 11.4 Å². The molecule has 6 heteroatoms. The molecule has 0 aromatic carbocycles. The van der Waals surface area contributed by atoms with Gasteiger partial charge < -0.3 is 4.74 Å². The van der Waals surface area contributed by atoms with Crippen molar-refractivity contribution < 1.29 is 9.53 Å². The molecule has 1 aliphatic heterocycles. The highest BCUT2D eigenvalue weighted by atomic mass is 16.5. The van der Waals surface area contributed by atoms with Gasteiger partial charge in [0.2, 0.25) is 5.88 Å². The summed E-state index contributed by atoms with van der Waals surface area (Å²) in [6.45, 7) is 6.45. The summed E-state index contributed by atoms with van der Waals surface area (Å²) in [6.07, 6.45) is 3.20. The standard InChI is InChI=1S/C18H18N4O2/c1-11-6-7-15-14(9-20-22(15)13(11)3)18(23)21-10-12(2)24-17-16(21)5-4-8-19-17/h4-9,12H,10H2,1-3H3. The van der Waals surface area contributed by atoms with Gasteiger partial charge in [0.25, 0.3) is 5.91 Å². The lowest BCUT2D eigenvalue weighted by atomic mass is 10.1. The Balaban J connectivity index is 1.81. The van der Waals surface area contributed by atoms with Crippen LogP contribution in [0.4, 0.5) is 5.69 Å². The summed E-state index contributed by atoms with van der Waals surface area (Å²) in [5.41, 5.74) is 4.27. The SMILES string of the molecule is Cc1ccc2c(C(=O)N3CC(C)Oc4ncccc43)cnn2c1C. The number of carbonyl (C=O) groups is 1. The van der Waals surface area contributed by atoms with Crippen LogP contribution in [0.3, 0.4) is 0 Å². The van der Waals surface area contributed by atoms with Crippen molar-refractivity contribution in [3.05, 3.63) is 53.5 Å². The van der Waals surface area contributed by atoms with Gasteiger partial charge in [0.15, 0.2) is 0 Å². The number of fused-ring (bicyclic) bond motifs is 2. The predicted octanol–water partition coefficient (Wildman–Crippen LogP) is 2.77. The van der Waals surface area contributed by atoms with E-state index in [-0.39, 0.29) is 12.0 Å². The Hall–Kier alpha value is -2.89. The topological polar surface area (TPSA) is 59.7 Å². The van der Waals surface area contributed by atoms with Crippen LogP contribution in [0.2, 0.25) is 0 Å². The highest BCUT2D eigenvalue weighted by molar-refractivity contribution is 6.11. The smallest absolute Gasteiger partial charge is 0.262 e. The molecule has 24 heavy (non-hydrogen) atoms. The second-order valence-corrected chi connectivity index (χ2v) is 6.13. The van der Waals surface area contributed by atoms with Gasteiger partial charge in [-0.15, -0.1) is 0 Å². The van der Waals surface area contributed by atoms with Gasteiger partial charge in [-0.2, -0.15) is 5.10 Å². The first-order valence-corrected chi connectivity index (χ1v) is 7.93. The lowest BCUT2D eigenvalue weighted by Crippen LogP contribution is -2.42. The van der Waals surface area contributed by atoms with Crippen molar-refractivity contribution in [3.63, 3.8) is 0 Å². The highest BCUT2D eigenvalue weighted by Crippen LogP contribution is 2.32. The van der Waals surface area contributed by atoms with E-state index < -0.39 is 0 Å². The van der Waals surface area contributed by atoms with E-state index in [0.717, 1.165) is 16.8 Å². The van der Waals surface area contributed by atoms with Crippen LogP contribution in [-0.4, -0.2) is 33.2 Å². The molecule has 1 amide bonds. The summed E-state index contributed by atoms with van der Waals surface area (Å²) in [5.74, 6) is 0.408. The lowest BCUT2D eigenvalue weighted by Gasteiger charge is -2.32. The molecule has 3 aromatic heterocycles. The molecular formula is C18H18N4O2. The number of rotatable bonds is 1. The number of anilines is 1. The Morgan fingerprint density at radius 1 is 1.29 bits per heavy atom. The molecular weight excluding hydrogens is 304 g/mol. The van der Waals surface area contributed by atoms with Gasteiger partial charge in [-0.05, 0) is 44.5 Å². The van der Waals surface area contributed by atoms with Crippen LogP contribution in [0.25, 0.3) is 5.52 Å². The van der Waals surface area contributed by atoms with Gasteiger partial charge in [-0.25, -0.2) is 9.50 Å². The maximum atomic E-state index is 13.2. The van der Waals surface area contributed by atoms with Gasteiger partial charge >= 0.3 is 0 Å². The molecule has 0 fully saturated rings. The fourth-order valence-corrected chi connectivity index (χ4v) is 3.04. The van der Waals surface area contributed by atoms with Crippen molar-refractivity contribution in [3.8, 4) is 5.88 Å². The number of pyridine rings is 2. The molecule has 0 radical (unpaired) electrons. The predicted molar refractivity (Wildman–Crippen MR) is 90.7 cm³/mol. The zero-order chi connectivity index (χ0) is 16.8. The van der Waals surface area contributed by atoms with Crippen molar-refractivity contribution >= 4 is 17.1 Å². The zero-order valence-corrected chi connectivity index (χ0v) is 13.9. The number of nitrogens with zero attached hydrogens (tertiary/aromatic N) is 4.